The summed E-state index contributed by atoms with van der Waals surface area (Å²) < 4.78 is 8.76. The number of hydrogen-bond donors (Lipinski definition) is 1. The van der Waals surface area contributed by atoms with Gasteiger partial charge in [-0.1, -0.05) is 0 Å². The van der Waals surface area contributed by atoms with Gasteiger partial charge in [-0.25, -0.2) is 9.59 Å². The van der Waals surface area contributed by atoms with Gasteiger partial charge < -0.3 is 14.8 Å². The van der Waals surface area contributed by atoms with E-state index >= 15 is 0 Å². The van der Waals surface area contributed by atoms with Gasteiger partial charge in [0.25, 0.3) is 0 Å². The third kappa shape index (κ3) is 4.57. The van der Waals surface area contributed by atoms with Crippen molar-refractivity contribution in [1.82, 2.24) is 5.32 Å². The van der Waals surface area contributed by atoms with E-state index in [1.54, 1.807) is 0 Å². The van der Waals surface area contributed by atoms with Crippen LogP contribution in [0, 0.1) is 0 Å². The predicted molar refractivity (Wildman–Crippen MR) is 46.7 cm³/mol. The van der Waals surface area contributed by atoms with Gasteiger partial charge in [-0.2, -0.15) is 0 Å². The molecule has 0 bridgehead atoms. The molecular weight excluding hydrogens is 198 g/mol. The summed E-state index contributed by atoms with van der Waals surface area (Å²) in [6.45, 7) is 0. The number of rotatable bonds is 4. The highest BCUT2D eigenvalue weighted by molar-refractivity contribution is 6.18. The molecule has 0 radical (unpaired) electrons. The number of carbonyl (C=O) groups excluding carboxylic acids is 2. The first kappa shape index (κ1) is 12.0. The molecule has 5 nitrogen and oxygen atoms in total. The molecule has 0 aliphatic rings. The van der Waals surface area contributed by atoms with E-state index in [0.717, 1.165) is 0 Å². The molecule has 0 saturated heterocycles. The van der Waals surface area contributed by atoms with Crippen molar-refractivity contribution in [3.8, 4) is 0 Å². The molecule has 0 saturated carbocycles. The summed E-state index contributed by atoms with van der Waals surface area (Å²) in [5.41, 5.74) is 0. The smallest absolute Gasteiger partial charge is 0.407 e. The topological polar surface area (TPSA) is 64.6 Å². The summed E-state index contributed by atoms with van der Waals surface area (Å²) in [6, 6.07) is -0.741. The zero-order valence-electron chi connectivity index (χ0n) is 7.50. The molecule has 0 aromatic carbocycles. The Bertz CT molecular complexity index is 185. The summed E-state index contributed by atoms with van der Waals surface area (Å²) in [5, 5.41) is 2.30. The van der Waals surface area contributed by atoms with Crippen LogP contribution < -0.4 is 5.32 Å². The number of carbonyl (C=O) groups is 2. The van der Waals surface area contributed by atoms with Crippen molar-refractivity contribution in [2.45, 2.75) is 12.5 Å². The van der Waals surface area contributed by atoms with E-state index < -0.39 is 18.1 Å². The molecule has 0 aliphatic carbocycles. The number of amides is 1. The lowest BCUT2D eigenvalue weighted by molar-refractivity contribution is -0.143. The first-order valence-electron chi connectivity index (χ1n) is 3.64. The summed E-state index contributed by atoms with van der Waals surface area (Å²) in [7, 11) is 2.45. The molecule has 0 heterocycles. The predicted octanol–water partition coefficient (Wildman–Crippen LogP) is 0.513. The molecule has 0 fully saturated rings. The highest BCUT2D eigenvalue weighted by atomic mass is 35.5. The van der Waals surface area contributed by atoms with Gasteiger partial charge in [0.15, 0.2) is 0 Å². The average molecular weight is 210 g/mol. The quantitative estimate of drug-likeness (QED) is 0.541. The van der Waals surface area contributed by atoms with Gasteiger partial charge in [0.2, 0.25) is 0 Å². The second kappa shape index (κ2) is 6.54. The lowest BCUT2D eigenvalue weighted by Crippen LogP contribution is -2.41. The first-order valence-corrected chi connectivity index (χ1v) is 4.17. The number of nitrogens with one attached hydrogen (secondary N) is 1. The molecular formula is C7H12ClNO4. The molecule has 0 aromatic heterocycles. The Labute approximate surface area is 81.3 Å². The standard InChI is InChI=1S/C7H12ClNO4/c1-12-6(10)5(3-4-8)9-7(11)13-2/h5H,3-4H2,1-2H3,(H,9,11). The van der Waals surface area contributed by atoms with Gasteiger partial charge in [0.1, 0.15) is 6.04 Å². The van der Waals surface area contributed by atoms with Crippen LogP contribution in [0.4, 0.5) is 4.79 Å². The molecule has 6 heteroatoms. The zero-order valence-corrected chi connectivity index (χ0v) is 8.26. The minimum absolute atomic E-state index is 0.254. The Balaban J connectivity index is 4.08. The first-order chi connectivity index (χ1) is 6.15. The van der Waals surface area contributed by atoms with Crippen LogP contribution >= 0.6 is 11.6 Å². The van der Waals surface area contributed by atoms with Crippen molar-refractivity contribution in [3.05, 3.63) is 0 Å². The zero-order chi connectivity index (χ0) is 10.3. The van der Waals surface area contributed by atoms with Gasteiger partial charge in [-0.3, -0.25) is 0 Å². The van der Waals surface area contributed by atoms with Gasteiger partial charge in [0, 0.05) is 5.88 Å². The monoisotopic (exact) mass is 209 g/mol. The number of ether oxygens (including phenoxy) is 2. The van der Waals surface area contributed by atoms with Crippen LogP contribution in [-0.2, 0) is 14.3 Å². The van der Waals surface area contributed by atoms with E-state index in [4.69, 9.17) is 11.6 Å². The maximum atomic E-state index is 11.0. The summed E-state index contributed by atoms with van der Waals surface area (Å²) in [4.78, 5) is 21.7. The van der Waals surface area contributed by atoms with Gasteiger partial charge >= 0.3 is 12.1 Å². The third-order valence-corrected chi connectivity index (χ3v) is 1.58. The largest absolute Gasteiger partial charge is 0.467 e. The normalized spacial score (nSPS) is 11.6. The Kier molecular flexibility index (Phi) is 6.05. The fraction of sp³-hybridized carbons (Fsp3) is 0.714. The molecule has 0 aliphatic heterocycles. The van der Waals surface area contributed by atoms with Crippen LogP contribution in [0.25, 0.3) is 0 Å². The molecule has 1 atom stereocenters. The molecule has 0 spiro atoms. The molecule has 76 valence electrons. The van der Waals surface area contributed by atoms with Crippen molar-refractivity contribution < 1.29 is 19.1 Å². The Morgan fingerprint density at radius 3 is 2.38 bits per heavy atom. The SMILES string of the molecule is COC(=O)NC(CCCl)C(=O)OC. The highest BCUT2D eigenvalue weighted by Gasteiger charge is 2.20. The Morgan fingerprint density at radius 1 is 1.38 bits per heavy atom. The minimum atomic E-state index is -0.741. The van der Waals surface area contributed by atoms with E-state index in [0.29, 0.717) is 6.42 Å². The fourth-order valence-corrected chi connectivity index (χ4v) is 0.920. The number of alkyl carbamates (subject to hydrolysis) is 1. The summed E-state index contributed by atoms with van der Waals surface area (Å²) >= 11 is 5.42. The third-order valence-electron chi connectivity index (χ3n) is 1.36. The van der Waals surface area contributed by atoms with Crippen LogP contribution in [0.15, 0.2) is 0 Å². The van der Waals surface area contributed by atoms with E-state index in [2.05, 4.69) is 14.8 Å². The van der Waals surface area contributed by atoms with E-state index in [-0.39, 0.29) is 5.88 Å². The van der Waals surface area contributed by atoms with Crippen LogP contribution in [0.3, 0.4) is 0 Å². The maximum Gasteiger partial charge on any atom is 0.407 e. The molecule has 0 rings (SSSR count). The molecule has 1 unspecified atom stereocenters. The second-order valence-electron chi connectivity index (χ2n) is 2.19. The number of hydrogen-bond acceptors (Lipinski definition) is 4. The molecule has 1 N–H and O–H groups in total. The maximum absolute atomic E-state index is 11.0. The van der Waals surface area contributed by atoms with Gasteiger partial charge in [-0.05, 0) is 6.42 Å². The van der Waals surface area contributed by atoms with Crippen LogP contribution in [0.2, 0.25) is 0 Å². The van der Waals surface area contributed by atoms with Crippen molar-refractivity contribution >= 4 is 23.7 Å². The molecule has 0 aromatic rings. The summed E-state index contributed by atoms with van der Waals surface area (Å²) in [5.74, 6) is -0.282. The van der Waals surface area contributed by atoms with Crippen molar-refractivity contribution in [1.29, 1.82) is 0 Å². The summed E-state index contributed by atoms with van der Waals surface area (Å²) in [6.07, 6.45) is -0.371. The van der Waals surface area contributed by atoms with Crippen LogP contribution in [-0.4, -0.2) is 38.2 Å². The van der Waals surface area contributed by atoms with Crippen molar-refractivity contribution in [2.75, 3.05) is 20.1 Å². The Hall–Kier alpha value is -0.970. The number of methoxy groups -OCH3 is 2. The van der Waals surface area contributed by atoms with Crippen LogP contribution in [0.1, 0.15) is 6.42 Å². The average Bonchev–Trinajstić information content (AvgIpc) is 2.15. The van der Waals surface area contributed by atoms with Crippen molar-refractivity contribution in [3.63, 3.8) is 0 Å². The van der Waals surface area contributed by atoms with E-state index in [1.165, 1.54) is 14.2 Å². The van der Waals surface area contributed by atoms with Gasteiger partial charge in [0.05, 0.1) is 14.2 Å². The lowest BCUT2D eigenvalue weighted by Gasteiger charge is -2.13. The minimum Gasteiger partial charge on any atom is -0.467 e. The lowest BCUT2D eigenvalue weighted by atomic mass is 10.2. The molecule has 1 amide bonds. The van der Waals surface area contributed by atoms with Crippen LogP contribution in [0.5, 0.6) is 0 Å². The highest BCUT2D eigenvalue weighted by Crippen LogP contribution is 1.97. The molecule has 13 heavy (non-hydrogen) atoms. The Morgan fingerprint density at radius 2 is 2.00 bits per heavy atom. The van der Waals surface area contributed by atoms with E-state index in [1.807, 2.05) is 0 Å². The second-order valence-corrected chi connectivity index (χ2v) is 2.57. The fourth-order valence-electron chi connectivity index (χ4n) is 0.701. The number of alkyl halides is 1. The number of esters is 1. The van der Waals surface area contributed by atoms with Crippen molar-refractivity contribution in [2.24, 2.45) is 0 Å². The van der Waals surface area contributed by atoms with E-state index in [9.17, 15) is 9.59 Å². The number of halogens is 1. The van der Waals surface area contributed by atoms with Gasteiger partial charge in [-0.15, -0.1) is 11.6 Å².